The van der Waals surface area contributed by atoms with E-state index in [1.807, 2.05) is 25.1 Å². The Morgan fingerprint density at radius 3 is 2.62 bits per heavy atom. The minimum absolute atomic E-state index is 0.00298. The highest BCUT2D eigenvalue weighted by Gasteiger charge is 2.30. The SMILES string of the molecule is C[C@H](CC(N)=O)N[C@H](c1ccc(Cl)c(Oc2ccccc2)c1F)C1CCOCC1. The fourth-order valence-electron chi connectivity index (χ4n) is 3.68. The first-order chi connectivity index (χ1) is 14.0. The quantitative estimate of drug-likeness (QED) is 0.654. The van der Waals surface area contributed by atoms with Crippen LogP contribution >= 0.6 is 11.6 Å². The number of para-hydroxylation sites is 1. The van der Waals surface area contributed by atoms with Crippen molar-refractivity contribution >= 4 is 17.5 Å². The van der Waals surface area contributed by atoms with E-state index in [0.717, 1.165) is 12.8 Å². The van der Waals surface area contributed by atoms with E-state index in [9.17, 15) is 4.79 Å². The molecular formula is C22H26ClFN2O3. The molecule has 3 rings (SSSR count). The predicted octanol–water partition coefficient (Wildman–Crippen LogP) is 4.59. The molecule has 1 fully saturated rings. The minimum Gasteiger partial charge on any atom is -0.453 e. The number of ether oxygens (including phenoxy) is 2. The monoisotopic (exact) mass is 420 g/mol. The zero-order valence-electron chi connectivity index (χ0n) is 16.4. The van der Waals surface area contributed by atoms with Gasteiger partial charge in [0.05, 0.1) is 5.02 Å². The summed E-state index contributed by atoms with van der Waals surface area (Å²) in [5.41, 5.74) is 5.80. The maximum atomic E-state index is 15.6. The maximum Gasteiger partial charge on any atom is 0.218 e. The van der Waals surface area contributed by atoms with Gasteiger partial charge in [0.15, 0.2) is 11.6 Å². The van der Waals surface area contributed by atoms with Gasteiger partial charge in [-0.25, -0.2) is 4.39 Å². The van der Waals surface area contributed by atoms with Crippen LogP contribution in [0.25, 0.3) is 0 Å². The molecule has 0 unspecified atom stereocenters. The molecule has 2 aromatic carbocycles. The smallest absolute Gasteiger partial charge is 0.218 e. The number of primary amides is 1. The summed E-state index contributed by atoms with van der Waals surface area (Å²) >= 11 is 6.25. The molecule has 0 radical (unpaired) electrons. The first-order valence-corrected chi connectivity index (χ1v) is 10.2. The number of hydrogen-bond acceptors (Lipinski definition) is 4. The fourth-order valence-corrected chi connectivity index (χ4v) is 3.87. The second kappa shape index (κ2) is 10.1. The predicted molar refractivity (Wildman–Crippen MR) is 111 cm³/mol. The first-order valence-electron chi connectivity index (χ1n) is 9.78. The van der Waals surface area contributed by atoms with Gasteiger partial charge in [-0.1, -0.05) is 35.9 Å². The third-order valence-corrected chi connectivity index (χ3v) is 5.38. The van der Waals surface area contributed by atoms with E-state index < -0.39 is 11.7 Å². The number of amides is 1. The lowest BCUT2D eigenvalue weighted by Crippen LogP contribution is -2.39. The van der Waals surface area contributed by atoms with E-state index >= 15 is 4.39 Å². The Balaban J connectivity index is 1.93. The molecule has 0 aromatic heterocycles. The Morgan fingerprint density at radius 1 is 1.28 bits per heavy atom. The van der Waals surface area contributed by atoms with Crippen molar-refractivity contribution in [2.75, 3.05) is 13.2 Å². The number of nitrogens with two attached hydrogens (primary N) is 1. The molecule has 2 aromatic rings. The number of halogens is 2. The molecule has 0 bridgehead atoms. The van der Waals surface area contributed by atoms with E-state index in [-0.39, 0.29) is 35.2 Å². The highest BCUT2D eigenvalue weighted by Crippen LogP contribution is 2.39. The van der Waals surface area contributed by atoms with Crippen LogP contribution in [-0.2, 0) is 9.53 Å². The van der Waals surface area contributed by atoms with Crippen LogP contribution in [0.4, 0.5) is 4.39 Å². The van der Waals surface area contributed by atoms with Crippen molar-refractivity contribution in [2.45, 2.75) is 38.3 Å². The van der Waals surface area contributed by atoms with E-state index in [1.165, 1.54) is 0 Å². The van der Waals surface area contributed by atoms with Crippen LogP contribution in [0.5, 0.6) is 11.5 Å². The Hall–Kier alpha value is -2.15. The van der Waals surface area contributed by atoms with E-state index in [2.05, 4.69) is 5.32 Å². The molecule has 0 saturated carbocycles. The molecule has 1 aliphatic heterocycles. The van der Waals surface area contributed by atoms with Crippen molar-refractivity contribution in [3.05, 3.63) is 58.9 Å². The van der Waals surface area contributed by atoms with Crippen LogP contribution in [-0.4, -0.2) is 25.2 Å². The second-order valence-corrected chi connectivity index (χ2v) is 7.77. The molecule has 1 heterocycles. The average molecular weight is 421 g/mol. The van der Waals surface area contributed by atoms with Crippen LogP contribution in [0.2, 0.25) is 5.02 Å². The average Bonchev–Trinajstić information content (AvgIpc) is 2.71. The van der Waals surface area contributed by atoms with Gasteiger partial charge < -0.3 is 20.5 Å². The Bertz CT molecular complexity index is 828. The number of rotatable bonds is 8. The number of carbonyl (C=O) groups excluding carboxylic acids is 1. The maximum absolute atomic E-state index is 15.6. The number of nitrogens with one attached hydrogen (secondary N) is 1. The van der Waals surface area contributed by atoms with Gasteiger partial charge in [0, 0.05) is 37.3 Å². The number of hydrogen-bond donors (Lipinski definition) is 2. The molecule has 3 N–H and O–H groups in total. The lowest BCUT2D eigenvalue weighted by Gasteiger charge is -2.34. The normalized spacial score (nSPS) is 16.9. The molecule has 1 saturated heterocycles. The summed E-state index contributed by atoms with van der Waals surface area (Å²) in [6.07, 6.45) is 1.75. The highest BCUT2D eigenvalue weighted by atomic mass is 35.5. The molecular weight excluding hydrogens is 395 g/mol. The van der Waals surface area contributed by atoms with Gasteiger partial charge in [-0.15, -0.1) is 0 Å². The zero-order valence-corrected chi connectivity index (χ0v) is 17.1. The number of carbonyl (C=O) groups is 1. The van der Waals surface area contributed by atoms with Crippen molar-refractivity contribution in [1.29, 1.82) is 0 Å². The molecule has 5 nitrogen and oxygen atoms in total. The fraction of sp³-hybridized carbons (Fsp3) is 0.409. The molecule has 0 spiro atoms. The molecule has 156 valence electrons. The van der Waals surface area contributed by atoms with Crippen LogP contribution < -0.4 is 15.8 Å². The molecule has 0 aliphatic carbocycles. The lowest BCUT2D eigenvalue weighted by atomic mass is 9.86. The standard InChI is InChI=1S/C22H26ClFN2O3/c1-14(13-19(25)27)26-21(15-9-11-28-12-10-15)17-7-8-18(23)22(20(17)24)29-16-5-3-2-4-6-16/h2-8,14-15,21,26H,9-13H2,1H3,(H2,25,27)/t14-,21+/m1/s1. The molecule has 29 heavy (non-hydrogen) atoms. The van der Waals surface area contributed by atoms with Gasteiger partial charge in [0.25, 0.3) is 0 Å². The Morgan fingerprint density at radius 2 is 1.97 bits per heavy atom. The zero-order chi connectivity index (χ0) is 20.8. The van der Waals surface area contributed by atoms with Crippen molar-refractivity contribution in [2.24, 2.45) is 11.7 Å². The van der Waals surface area contributed by atoms with Gasteiger partial charge >= 0.3 is 0 Å². The van der Waals surface area contributed by atoms with Gasteiger partial charge in [-0.05, 0) is 43.9 Å². The molecule has 7 heteroatoms. The van der Waals surface area contributed by atoms with E-state index in [4.69, 9.17) is 26.8 Å². The van der Waals surface area contributed by atoms with Crippen LogP contribution in [0.15, 0.2) is 42.5 Å². The van der Waals surface area contributed by atoms with Crippen LogP contribution in [0, 0.1) is 11.7 Å². The Labute approximate surface area is 175 Å². The van der Waals surface area contributed by atoms with E-state index in [0.29, 0.717) is 24.5 Å². The molecule has 1 aliphatic rings. The highest BCUT2D eigenvalue weighted by molar-refractivity contribution is 6.32. The Kier molecular flexibility index (Phi) is 7.47. The van der Waals surface area contributed by atoms with E-state index in [1.54, 1.807) is 24.3 Å². The van der Waals surface area contributed by atoms with Gasteiger partial charge in [0.1, 0.15) is 5.75 Å². The summed E-state index contributed by atoms with van der Waals surface area (Å²) in [5.74, 6) is -0.253. The molecule has 2 atom stereocenters. The van der Waals surface area contributed by atoms with Crippen molar-refractivity contribution in [3.63, 3.8) is 0 Å². The topological polar surface area (TPSA) is 73.6 Å². The van der Waals surface area contributed by atoms with Gasteiger partial charge in [0.2, 0.25) is 5.91 Å². The van der Waals surface area contributed by atoms with Crippen molar-refractivity contribution in [1.82, 2.24) is 5.32 Å². The second-order valence-electron chi connectivity index (χ2n) is 7.36. The third-order valence-electron chi connectivity index (χ3n) is 5.09. The minimum atomic E-state index is -0.503. The van der Waals surface area contributed by atoms with Crippen molar-refractivity contribution in [3.8, 4) is 11.5 Å². The van der Waals surface area contributed by atoms with Crippen LogP contribution in [0.1, 0.15) is 37.8 Å². The van der Waals surface area contributed by atoms with Gasteiger partial charge in [-0.2, -0.15) is 0 Å². The summed E-state index contributed by atoms with van der Waals surface area (Å²) in [4.78, 5) is 11.3. The van der Waals surface area contributed by atoms with Crippen LogP contribution in [0.3, 0.4) is 0 Å². The summed E-state index contributed by atoms with van der Waals surface area (Å²) < 4.78 is 26.8. The summed E-state index contributed by atoms with van der Waals surface area (Å²) in [5, 5.41) is 3.59. The van der Waals surface area contributed by atoms with Gasteiger partial charge in [-0.3, -0.25) is 4.79 Å². The largest absolute Gasteiger partial charge is 0.453 e. The first kappa shape index (κ1) is 21.6. The third kappa shape index (κ3) is 5.69. The summed E-state index contributed by atoms with van der Waals surface area (Å²) in [7, 11) is 0. The summed E-state index contributed by atoms with van der Waals surface area (Å²) in [6.45, 7) is 3.11. The van der Waals surface area contributed by atoms with Crippen molar-refractivity contribution < 1.29 is 18.7 Å². The lowest BCUT2D eigenvalue weighted by molar-refractivity contribution is -0.118. The number of benzene rings is 2. The molecule has 1 amide bonds. The summed E-state index contributed by atoms with van der Waals surface area (Å²) in [6, 6.07) is 11.8.